The highest BCUT2D eigenvalue weighted by molar-refractivity contribution is 7.90. The van der Waals surface area contributed by atoms with Crippen LogP contribution in [0.1, 0.15) is 12.8 Å². The molecule has 8 heteroatoms. The smallest absolute Gasteiger partial charge is 0.293 e. The van der Waals surface area contributed by atoms with Crippen LogP contribution in [0.5, 0.6) is 0 Å². The molecule has 0 saturated carbocycles. The molecule has 25 heavy (non-hydrogen) atoms. The van der Waals surface area contributed by atoms with E-state index in [0.29, 0.717) is 5.69 Å². The van der Waals surface area contributed by atoms with Crippen molar-refractivity contribution in [1.82, 2.24) is 0 Å². The number of nitrogens with zero attached hydrogens (tertiary/aromatic N) is 2. The van der Waals surface area contributed by atoms with Crippen molar-refractivity contribution in [1.29, 1.82) is 0 Å². The summed E-state index contributed by atoms with van der Waals surface area (Å²) in [7, 11) is -3.50. The molecule has 1 aliphatic rings. The Morgan fingerprint density at radius 2 is 1.72 bits per heavy atom. The summed E-state index contributed by atoms with van der Waals surface area (Å²) in [6.45, 7) is 2.09. The van der Waals surface area contributed by atoms with Crippen LogP contribution in [0, 0.1) is 10.1 Å². The van der Waals surface area contributed by atoms with Gasteiger partial charge in [-0.3, -0.25) is 10.1 Å². The SMILES string of the molecule is CS(=O)(=O)c1ccc(Nc2ccc(N3CCCC3)cc2)c([N+](=O)[O-])c1. The van der Waals surface area contributed by atoms with Gasteiger partial charge in [-0.05, 0) is 49.2 Å². The van der Waals surface area contributed by atoms with Crippen molar-refractivity contribution in [2.75, 3.05) is 29.6 Å². The molecule has 2 aromatic rings. The van der Waals surface area contributed by atoms with E-state index in [1.807, 2.05) is 24.3 Å². The Balaban J connectivity index is 1.85. The van der Waals surface area contributed by atoms with E-state index in [0.717, 1.165) is 31.1 Å². The molecule has 0 amide bonds. The van der Waals surface area contributed by atoms with Crippen LogP contribution in [0.2, 0.25) is 0 Å². The van der Waals surface area contributed by atoms with Crippen LogP contribution < -0.4 is 10.2 Å². The van der Waals surface area contributed by atoms with E-state index in [1.165, 1.54) is 25.0 Å². The van der Waals surface area contributed by atoms with Crippen molar-refractivity contribution in [3.05, 3.63) is 52.6 Å². The Morgan fingerprint density at radius 3 is 2.28 bits per heavy atom. The molecular weight excluding hydrogens is 342 g/mol. The first-order valence-electron chi connectivity index (χ1n) is 7.95. The minimum absolute atomic E-state index is 0.0749. The largest absolute Gasteiger partial charge is 0.372 e. The second kappa shape index (κ2) is 6.72. The van der Waals surface area contributed by atoms with Crippen molar-refractivity contribution >= 4 is 32.6 Å². The fourth-order valence-electron chi connectivity index (χ4n) is 2.89. The van der Waals surface area contributed by atoms with Crippen LogP contribution >= 0.6 is 0 Å². The van der Waals surface area contributed by atoms with E-state index < -0.39 is 14.8 Å². The molecule has 0 bridgehead atoms. The molecular formula is C17H19N3O4S. The number of hydrogen-bond donors (Lipinski definition) is 1. The van der Waals surface area contributed by atoms with Crippen LogP contribution in [-0.2, 0) is 9.84 Å². The molecule has 2 aromatic carbocycles. The van der Waals surface area contributed by atoms with Crippen LogP contribution in [0.15, 0.2) is 47.4 Å². The number of benzene rings is 2. The van der Waals surface area contributed by atoms with Gasteiger partial charge in [0.05, 0.1) is 9.82 Å². The Hall–Kier alpha value is -2.61. The lowest BCUT2D eigenvalue weighted by atomic mass is 10.2. The van der Waals surface area contributed by atoms with Gasteiger partial charge >= 0.3 is 0 Å². The van der Waals surface area contributed by atoms with Gasteiger partial charge in [-0.1, -0.05) is 0 Å². The maximum Gasteiger partial charge on any atom is 0.293 e. The molecule has 0 unspecified atom stereocenters. The van der Waals surface area contributed by atoms with Crippen molar-refractivity contribution in [3.63, 3.8) is 0 Å². The maximum absolute atomic E-state index is 11.6. The van der Waals surface area contributed by atoms with Crippen LogP contribution in [-0.4, -0.2) is 32.7 Å². The second-order valence-corrected chi connectivity index (χ2v) is 8.09. The lowest BCUT2D eigenvalue weighted by molar-refractivity contribution is -0.384. The molecule has 3 rings (SSSR count). The Bertz CT molecular complexity index is 889. The number of nitro benzene ring substituents is 1. The summed E-state index contributed by atoms with van der Waals surface area (Å²) >= 11 is 0. The van der Waals surface area contributed by atoms with Crippen molar-refractivity contribution in [2.24, 2.45) is 0 Å². The van der Waals surface area contributed by atoms with Gasteiger partial charge < -0.3 is 10.2 Å². The first-order chi connectivity index (χ1) is 11.8. The predicted octanol–water partition coefficient (Wildman–Crippen LogP) is 3.34. The molecule has 0 radical (unpaired) electrons. The van der Waals surface area contributed by atoms with Crippen LogP contribution in [0.4, 0.5) is 22.7 Å². The predicted molar refractivity (Wildman–Crippen MR) is 97.4 cm³/mol. The Kier molecular flexibility index (Phi) is 4.63. The topological polar surface area (TPSA) is 92.6 Å². The third-order valence-corrected chi connectivity index (χ3v) is 5.32. The minimum Gasteiger partial charge on any atom is -0.372 e. The van der Waals surface area contributed by atoms with E-state index in [9.17, 15) is 18.5 Å². The molecule has 7 nitrogen and oxygen atoms in total. The monoisotopic (exact) mass is 361 g/mol. The van der Waals surface area contributed by atoms with E-state index >= 15 is 0 Å². The van der Waals surface area contributed by atoms with Gasteiger partial charge in [-0.15, -0.1) is 0 Å². The van der Waals surface area contributed by atoms with Gasteiger partial charge in [-0.25, -0.2) is 8.42 Å². The Morgan fingerprint density at radius 1 is 1.08 bits per heavy atom. The summed E-state index contributed by atoms with van der Waals surface area (Å²) < 4.78 is 23.2. The molecule has 1 aliphatic heterocycles. The average molecular weight is 361 g/mol. The zero-order chi connectivity index (χ0) is 18.0. The molecule has 0 aliphatic carbocycles. The van der Waals surface area contributed by atoms with Crippen LogP contribution in [0.3, 0.4) is 0 Å². The number of sulfone groups is 1. The summed E-state index contributed by atoms with van der Waals surface area (Å²) in [4.78, 5) is 12.9. The van der Waals surface area contributed by atoms with Crippen molar-refractivity contribution in [2.45, 2.75) is 17.7 Å². The van der Waals surface area contributed by atoms with Gasteiger partial charge in [-0.2, -0.15) is 0 Å². The highest BCUT2D eigenvalue weighted by Crippen LogP contribution is 2.31. The fraction of sp³-hybridized carbons (Fsp3) is 0.294. The number of nitrogens with one attached hydrogen (secondary N) is 1. The van der Waals surface area contributed by atoms with Gasteiger partial charge in [0.25, 0.3) is 5.69 Å². The summed E-state index contributed by atoms with van der Waals surface area (Å²) in [5, 5.41) is 14.3. The van der Waals surface area contributed by atoms with Crippen molar-refractivity contribution in [3.8, 4) is 0 Å². The van der Waals surface area contributed by atoms with Gasteiger partial charge in [0, 0.05) is 36.8 Å². The van der Waals surface area contributed by atoms with Gasteiger partial charge in [0.2, 0.25) is 0 Å². The number of anilines is 3. The maximum atomic E-state index is 11.6. The van der Waals surface area contributed by atoms with E-state index in [1.54, 1.807) is 0 Å². The normalized spacial score (nSPS) is 14.5. The van der Waals surface area contributed by atoms with E-state index in [-0.39, 0.29) is 16.3 Å². The second-order valence-electron chi connectivity index (χ2n) is 6.07. The lowest BCUT2D eigenvalue weighted by Crippen LogP contribution is -2.17. The first-order valence-corrected chi connectivity index (χ1v) is 9.84. The number of hydrogen-bond acceptors (Lipinski definition) is 6. The minimum atomic E-state index is -3.50. The zero-order valence-electron chi connectivity index (χ0n) is 13.8. The molecule has 1 heterocycles. The summed E-state index contributed by atoms with van der Waals surface area (Å²) in [5.41, 5.74) is 1.82. The summed E-state index contributed by atoms with van der Waals surface area (Å²) in [5.74, 6) is 0. The zero-order valence-corrected chi connectivity index (χ0v) is 14.6. The first kappa shape index (κ1) is 17.2. The standard InChI is InChI=1S/C17H19N3O4S/c1-25(23,24)15-8-9-16(17(12-15)20(21)22)18-13-4-6-14(7-5-13)19-10-2-3-11-19/h4-9,12,18H,2-3,10-11H2,1H3. The lowest BCUT2D eigenvalue weighted by Gasteiger charge is -2.18. The molecule has 1 N–H and O–H groups in total. The molecule has 132 valence electrons. The summed E-state index contributed by atoms with van der Waals surface area (Å²) in [6.07, 6.45) is 3.41. The fourth-order valence-corrected chi connectivity index (χ4v) is 3.53. The van der Waals surface area contributed by atoms with Gasteiger partial charge in [0.1, 0.15) is 5.69 Å². The van der Waals surface area contributed by atoms with Gasteiger partial charge in [0.15, 0.2) is 9.84 Å². The van der Waals surface area contributed by atoms with E-state index in [4.69, 9.17) is 0 Å². The summed E-state index contributed by atoms with van der Waals surface area (Å²) in [6, 6.07) is 11.5. The van der Waals surface area contributed by atoms with Crippen LogP contribution in [0.25, 0.3) is 0 Å². The van der Waals surface area contributed by atoms with Crippen molar-refractivity contribution < 1.29 is 13.3 Å². The Labute approximate surface area is 146 Å². The number of rotatable bonds is 5. The van der Waals surface area contributed by atoms with E-state index in [2.05, 4.69) is 10.2 Å². The third kappa shape index (κ3) is 3.90. The molecule has 0 atom stereocenters. The quantitative estimate of drug-likeness (QED) is 0.648. The third-order valence-electron chi connectivity index (χ3n) is 4.21. The molecule has 0 spiro atoms. The molecule has 0 aromatic heterocycles. The number of nitro groups is 1. The highest BCUT2D eigenvalue weighted by Gasteiger charge is 2.19. The molecule has 1 fully saturated rings. The average Bonchev–Trinajstić information content (AvgIpc) is 3.09. The highest BCUT2D eigenvalue weighted by atomic mass is 32.2. The molecule has 1 saturated heterocycles.